The second kappa shape index (κ2) is 7.14. The van der Waals surface area contributed by atoms with E-state index < -0.39 is 6.10 Å². The van der Waals surface area contributed by atoms with Gasteiger partial charge in [0.15, 0.2) is 11.5 Å². The van der Waals surface area contributed by atoms with E-state index in [1.54, 1.807) is 26.4 Å². The summed E-state index contributed by atoms with van der Waals surface area (Å²) in [6.07, 6.45) is 0.681. The van der Waals surface area contributed by atoms with Gasteiger partial charge in [-0.15, -0.1) is 0 Å². The van der Waals surface area contributed by atoms with E-state index >= 15 is 0 Å². The molecule has 2 atom stereocenters. The van der Waals surface area contributed by atoms with E-state index in [1.165, 1.54) is 0 Å². The molecule has 1 aromatic rings. The van der Waals surface area contributed by atoms with Crippen molar-refractivity contribution in [3.8, 4) is 17.2 Å². The van der Waals surface area contributed by atoms with Crippen molar-refractivity contribution in [2.24, 2.45) is 5.84 Å². The number of carbonyl (C=O) groups excluding carboxylic acids is 1. The van der Waals surface area contributed by atoms with Crippen molar-refractivity contribution in [1.29, 1.82) is 0 Å². The number of benzene rings is 1. The molecule has 7 heteroatoms. The van der Waals surface area contributed by atoms with Gasteiger partial charge >= 0.3 is 0 Å². The molecule has 0 radical (unpaired) electrons. The molecule has 21 heavy (non-hydrogen) atoms. The maximum atomic E-state index is 11.4. The molecular weight excluding hydrogens is 276 g/mol. The maximum absolute atomic E-state index is 11.4. The molecule has 1 aromatic carbocycles. The van der Waals surface area contributed by atoms with Gasteiger partial charge in [0.05, 0.1) is 20.3 Å². The molecule has 1 fully saturated rings. The smallest absolute Gasteiger partial charge is 0.263 e. The summed E-state index contributed by atoms with van der Waals surface area (Å²) in [5.41, 5.74) is 2.09. The zero-order chi connectivity index (χ0) is 15.2. The third kappa shape index (κ3) is 3.56. The fourth-order valence-electron chi connectivity index (χ4n) is 2.25. The Bertz CT molecular complexity index is 472. The number of hydrogen-bond donors (Lipinski definition) is 2. The molecule has 2 unspecified atom stereocenters. The van der Waals surface area contributed by atoms with E-state index in [9.17, 15) is 4.79 Å². The van der Waals surface area contributed by atoms with Crippen LogP contribution in [0.15, 0.2) is 18.2 Å². The largest absolute Gasteiger partial charge is 0.493 e. The maximum Gasteiger partial charge on any atom is 0.263 e. The molecule has 2 rings (SSSR count). The molecule has 1 aliphatic rings. The van der Waals surface area contributed by atoms with Crippen LogP contribution < -0.4 is 25.5 Å². The molecular formula is C14H20N2O5. The average molecular weight is 296 g/mol. The van der Waals surface area contributed by atoms with Gasteiger partial charge in [0.25, 0.3) is 5.91 Å². The van der Waals surface area contributed by atoms with Crippen molar-refractivity contribution in [3.05, 3.63) is 18.2 Å². The van der Waals surface area contributed by atoms with Crippen LogP contribution in [0.2, 0.25) is 0 Å². The van der Waals surface area contributed by atoms with Crippen LogP contribution >= 0.6 is 0 Å². The van der Waals surface area contributed by atoms with Crippen molar-refractivity contribution in [1.82, 2.24) is 5.43 Å². The first-order valence-electron chi connectivity index (χ1n) is 6.69. The van der Waals surface area contributed by atoms with Gasteiger partial charge < -0.3 is 18.9 Å². The lowest BCUT2D eigenvalue weighted by Gasteiger charge is -2.17. The van der Waals surface area contributed by atoms with E-state index in [4.69, 9.17) is 24.8 Å². The number of hydrogen-bond acceptors (Lipinski definition) is 6. The van der Waals surface area contributed by atoms with Crippen LogP contribution in [0, 0.1) is 0 Å². The minimum Gasteiger partial charge on any atom is -0.493 e. The topological polar surface area (TPSA) is 92.0 Å². The molecule has 0 spiro atoms. The van der Waals surface area contributed by atoms with Gasteiger partial charge in [0.1, 0.15) is 12.7 Å². The lowest BCUT2D eigenvalue weighted by Crippen LogP contribution is -2.39. The Hall–Kier alpha value is -1.99. The van der Waals surface area contributed by atoms with E-state index in [2.05, 4.69) is 5.43 Å². The fourth-order valence-corrected chi connectivity index (χ4v) is 2.25. The molecule has 0 saturated carbocycles. The summed E-state index contributed by atoms with van der Waals surface area (Å²) >= 11 is 0. The van der Waals surface area contributed by atoms with Gasteiger partial charge in [-0.25, -0.2) is 5.84 Å². The van der Waals surface area contributed by atoms with Crippen LogP contribution in [-0.4, -0.2) is 38.9 Å². The summed E-state index contributed by atoms with van der Waals surface area (Å²) in [6.45, 7) is 0.311. The highest BCUT2D eigenvalue weighted by Gasteiger charge is 2.31. The highest BCUT2D eigenvalue weighted by atomic mass is 16.6. The molecule has 7 nitrogen and oxygen atoms in total. The number of methoxy groups -OCH3 is 2. The van der Waals surface area contributed by atoms with Gasteiger partial charge in [-0.1, -0.05) is 6.07 Å². The van der Waals surface area contributed by atoms with Crippen LogP contribution in [0.5, 0.6) is 17.2 Å². The Morgan fingerprint density at radius 1 is 1.33 bits per heavy atom. The fraction of sp³-hybridized carbons (Fsp3) is 0.500. The van der Waals surface area contributed by atoms with Crippen LogP contribution in [0.1, 0.15) is 12.8 Å². The second-order valence-corrected chi connectivity index (χ2v) is 4.64. The Morgan fingerprint density at radius 2 is 2.00 bits per heavy atom. The van der Waals surface area contributed by atoms with Gasteiger partial charge in [-0.05, 0) is 25.0 Å². The van der Waals surface area contributed by atoms with Crippen molar-refractivity contribution in [2.75, 3.05) is 20.8 Å². The van der Waals surface area contributed by atoms with Gasteiger partial charge in [-0.2, -0.15) is 0 Å². The Labute approximate surface area is 123 Å². The molecule has 116 valence electrons. The minimum atomic E-state index is -0.511. The first-order chi connectivity index (χ1) is 10.2. The molecule has 3 N–H and O–H groups in total. The quantitative estimate of drug-likeness (QED) is 0.454. The van der Waals surface area contributed by atoms with Crippen LogP contribution in [0.3, 0.4) is 0 Å². The third-order valence-corrected chi connectivity index (χ3v) is 3.34. The Morgan fingerprint density at radius 3 is 2.57 bits per heavy atom. The zero-order valence-electron chi connectivity index (χ0n) is 12.1. The van der Waals surface area contributed by atoms with Crippen molar-refractivity contribution in [2.45, 2.75) is 25.0 Å². The molecule has 1 aliphatic heterocycles. The van der Waals surface area contributed by atoms with Crippen molar-refractivity contribution in [3.63, 3.8) is 0 Å². The van der Waals surface area contributed by atoms with Crippen molar-refractivity contribution < 1.29 is 23.7 Å². The van der Waals surface area contributed by atoms with E-state index in [1.807, 2.05) is 6.07 Å². The van der Waals surface area contributed by atoms with E-state index in [0.29, 0.717) is 30.3 Å². The summed E-state index contributed by atoms with van der Waals surface area (Å²) in [6, 6.07) is 5.40. The standard InChI is InChI=1S/C14H20N2O5/c1-18-10-4-3-5-11(19-2)13(10)20-8-9-6-7-12(21-9)14(17)16-15/h3-5,9,12H,6-8,15H2,1-2H3,(H,16,17). The minimum absolute atomic E-state index is 0.165. The number of nitrogens with two attached hydrogens (primary N) is 1. The number of ether oxygens (including phenoxy) is 4. The van der Waals surface area contributed by atoms with E-state index in [-0.39, 0.29) is 12.0 Å². The number of carbonyl (C=O) groups is 1. The van der Waals surface area contributed by atoms with Gasteiger partial charge in [0.2, 0.25) is 5.75 Å². The Balaban J connectivity index is 1.96. The third-order valence-electron chi connectivity index (χ3n) is 3.34. The summed E-state index contributed by atoms with van der Waals surface area (Å²) in [4.78, 5) is 11.4. The molecule has 1 heterocycles. The lowest BCUT2D eigenvalue weighted by atomic mass is 10.2. The highest BCUT2D eigenvalue weighted by Crippen LogP contribution is 2.37. The monoisotopic (exact) mass is 296 g/mol. The molecule has 1 amide bonds. The first-order valence-corrected chi connectivity index (χ1v) is 6.69. The molecule has 0 aliphatic carbocycles. The van der Waals surface area contributed by atoms with Crippen molar-refractivity contribution >= 4 is 5.91 Å². The molecule has 0 aromatic heterocycles. The average Bonchev–Trinajstić information content (AvgIpc) is 3.00. The summed E-state index contributed by atoms with van der Waals surface area (Å²) in [7, 11) is 3.13. The second-order valence-electron chi connectivity index (χ2n) is 4.64. The molecule has 1 saturated heterocycles. The SMILES string of the molecule is COc1cccc(OC)c1OCC1CCC(C(=O)NN)O1. The van der Waals surface area contributed by atoms with E-state index in [0.717, 1.165) is 6.42 Å². The highest BCUT2D eigenvalue weighted by molar-refractivity contribution is 5.80. The summed E-state index contributed by atoms with van der Waals surface area (Å²) < 4.78 is 21.8. The normalized spacial score (nSPS) is 20.9. The number of hydrazine groups is 1. The Kier molecular flexibility index (Phi) is 5.24. The van der Waals surface area contributed by atoms with Gasteiger partial charge in [0, 0.05) is 0 Å². The van der Waals surface area contributed by atoms with Crippen LogP contribution in [-0.2, 0) is 9.53 Å². The first kappa shape index (κ1) is 15.4. The summed E-state index contributed by atoms with van der Waals surface area (Å²) in [5, 5.41) is 0. The predicted molar refractivity (Wildman–Crippen MR) is 75.3 cm³/mol. The number of para-hydroxylation sites is 1. The molecule has 0 bridgehead atoms. The lowest BCUT2D eigenvalue weighted by molar-refractivity contribution is -0.132. The van der Waals surface area contributed by atoms with Gasteiger partial charge in [-0.3, -0.25) is 10.2 Å². The van der Waals surface area contributed by atoms with Crippen LogP contribution in [0.4, 0.5) is 0 Å². The zero-order valence-corrected chi connectivity index (χ0v) is 12.1. The summed E-state index contributed by atoms with van der Waals surface area (Å²) in [5.74, 6) is 6.48. The number of nitrogens with one attached hydrogen (secondary N) is 1. The number of rotatable bonds is 6. The van der Waals surface area contributed by atoms with Crippen LogP contribution in [0.25, 0.3) is 0 Å². The number of amides is 1. The predicted octanol–water partition coefficient (Wildman–Crippen LogP) is 0.620.